The van der Waals surface area contributed by atoms with Crippen LogP contribution in [0, 0.1) is 0 Å². The third kappa shape index (κ3) is 2.50. The number of aromatic carboxylic acids is 1. The van der Waals surface area contributed by atoms with E-state index >= 15 is 0 Å². The van der Waals surface area contributed by atoms with Crippen LogP contribution in [0.2, 0.25) is 0 Å². The number of aromatic nitrogens is 1. The molecule has 0 amide bonds. The molecule has 3 rings (SSSR count). The van der Waals surface area contributed by atoms with Gasteiger partial charge in [0.25, 0.3) is 0 Å². The molecule has 0 aliphatic carbocycles. The van der Waals surface area contributed by atoms with Crippen molar-refractivity contribution < 1.29 is 9.90 Å². The Morgan fingerprint density at radius 2 is 1.65 bits per heavy atom. The molecule has 0 radical (unpaired) electrons. The van der Waals surface area contributed by atoms with Gasteiger partial charge in [0.05, 0.1) is 0 Å². The molecule has 2 aromatic rings. The summed E-state index contributed by atoms with van der Waals surface area (Å²) in [7, 11) is 0. The van der Waals surface area contributed by atoms with E-state index in [-0.39, 0.29) is 5.69 Å². The highest BCUT2D eigenvalue weighted by Crippen LogP contribution is 2.19. The number of pyridine rings is 1. The largest absolute Gasteiger partial charge is 0.477 e. The van der Waals surface area contributed by atoms with Crippen LogP contribution < -0.4 is 4.90 Å². The molecule has 20 heavy (non-hydrogen) atoms. The molecule has 0 bridgehead atoms. The van der Waals surface area contributed by atoms with E-state index in [0.29, 0.717) is 0 Å². The summed E-state index contributed by atoms with van der Waals surface area (Å²) in [5.41, 5.74) is 2.86. The van der Waals surface area contributed by atoms with Gasteiger partial charge in [-0.1, -0.05) is 30.3 Å². The minimum Gasteiger partial charge on any atom is -0.477 e. The summed E-state index contributed by atoms with van der Waals surface area (Å²) < 4.78 is 0. The smallest absolute Gasteiger partial charge is 0.354 e. The van der Waals surface area contributed by atoms with E-state index in [2.05, 4.69) is 34.1 Å². The van der Waals surface area contributed by atoms with Crippen LogP contribution in [0.25, 0.3) is 0 Å². The second-order valence-electron chi connectivity index (χ2n) is 4.94. The van der Waals surface area contributed by atoms with Gasteiger partial charge in [-0.05, 0) is 36.1 Å². The van der Waals surface area contributed by atoms with Crippen LogP contribution >= 0.6 is 0 Å². The van der Waals surface area contributed by atoms with Gasteiger partial charge in [0.15, 0.2) is 5.69 Å². The van der Waals surface area contributed by atoms with Crippen molar-refractivity contribution in [3.63, 3.8) is 0 Å². The van der Waals surface area contributed by atoms with E-state index in [1.807, 2.05) is 6.07 Å². The normalized spacial score (nSPS) is 14.5. The number of anilines is 1. The van der Waals surface area contributed by atoms with Crippen LogP contribution in [0.5, 0.6) is 0 Å². The van der Waals surface area contributed by atoms with Gasteiger partial charge in [0, 0.05) is 13.1 Å². The topological polar surface area (TPSA) is 53.4 Å². The zero-order chi connectivity index (χ0) is 13.9. The number of fused-ring (bicyclic) bond motifs is 1. The summed E-state index contributed by atoms with van der Waals surface area (Å²) in [6.45, 7) is 1.74. The van der Waals surface area contributed by atoms with Crippen molar-refractivity contribution in [2.75, 3.05) is 18.0 Å². The van der Waals surface area contributed by atoms with Crippen molar-refractivity contribution in [3.8, 4) is 0 Å². The van der Waals surface area contributed by atoms with Crippen molar-refractivity contribution in [3.05, 3.63) is 59.3 Å². The van der Waals surface area contributed by atoms with Gasteiger partial charge in [-0.3, -0.25) is 0 Å². The van der Waals surface area contributed by atoms with Crippen LogP contribution in [0.4, 0.5) is 5.82 Å². The van der Waals surface area contributed by atoms with Crippen molar-refractivity contribution in [2.45, 2.75) is 12.8 Å². The maximum atomic E-state index is 11.0. The molecule has 4 heteroatoms. The summed E-state index contributed by atoms with van der Waals surface area (Å²) in [5, 5.41) is 9.02. The Balaban J connectivity index is 1.83. The minimum absolute atomic E-state index is 0.101. The first kappa shape index (κ1) is 12.7. The maximum absolute atomic E-state index is 11.0. The number of hydrogen-bond acceptors (Lipinski definition) is 3. The molecule has 1 aliphatic rings. The summed E-state index contributed by atoms with van der Waals surface area (Å²) in [5.74, 6) is -0.234. The number of carbonyl (C=O) groups is 1. The molecule has 2 heterocycles. The Morgan fingerprint density at radius 3 is 2.25 bits per heavy atom. The Kier molecular flexibility index (Phi) is 3.37. The molecule has 1 aromatic heterocycles. The van der Waals surface area contributed by atoms with E-state index < -0.39 is 5.97 Å². The highest BCUT2D eigenvalue weighted by atomic mass is 16.4. The quantitative estimate of drug-likeness (QED) is 0.908. The molecule has 4 nitrogen and oxygen atoms in total. The van der Waals surface area contributed by atoms with E-state index in [1.165, 1.54) is 17.2 Å². The zero-order valence-corrected chi connectivity index (χ0v) is 11.1. The van der Waals surface area contributed by atoms with E-state index in [9.17, 15) is 4.79 Å². The van der Waals surface area contributed by atoms with Crippen LogP contribution in [0.3, 0.4) is 0 Å². The molecule has 0 fully saturated rings. The lowest BCUT2D eigenvalue weighted by Crippen LogP contribution is -2.27. The number of hydrogen-bond donors (Lipinski definition) is 1. The third-order valence-corrected chi connectivity index (χ3v) is 3.70. The second-order valence-corrected chi connectivity index (χ2v) is 4.94. The lowest BCUT2D eigenvalue weighted by molar-refractivity contribution is 0.0690. The van der Waals surface area contributed by atoms with Crippen molar-refractivity contribution in [2.24, 2.45) is 0 Å². The van der Waals surface area contributed by atoms with E-state index in [0.717, 1.165) is 31.7 Å². The molecule has 1 aliphatic heterocycles. The number of rotatable bonds is 2. The van der Waals surface area contributed by atoms with Gasteiger partial charge in [-0.15, -0.1) is 0 Å². The van der Waals surface area contributed by atoms with Crippen LogP contribution in [0.15, 0.2) is 42.5 Å². The molecule has 1 N–H and O–H groups in total. The summed E-state index contributed by atoms with van der Waals surface area (Å²) in [6, 6.07) is 13.6. The van der Waals surface area contributed by atoms with Gasteiger partial charge < -0.3 is 10.0 Å². The van der Waals surface area contributed by atoms with Crippen molar-refractivity contribution in [1.82, 2.24) is 4.98 Å². The van der Waals surface area contributed by atoms with Gasteiger partial charge in [-0.25, -0.2) is 9.78 Å². The molecular weight excluding hydrogens is 252 g/mol. The molecule has 102 valence electrons. The van der Waals surface area contributed by atoms with Gasteiger partial charge in [0.1, 0.15) is 5.82 Å². The van der Waals surface area contributed by atoms with Gasteiger partial charge >= 0.3 is 5.97 Å². The number of nitrogens with zero attached hydrogens (tertiary/aromatic N) is 2. The minimum atomic E-state index is -0.982. The average molecular weight is 268 g/mol. The molecular formula is C16H16N2O2. The van der Waals surface area contributed by atoms with Gasteiger partial charge in [-0.2, -0.15) is 0 Å². The average Bonchev–Trinajstić information content (AvgIpc) is 2.70. The molecule has 0 unspecified atom stereocenters. The van der Waals surface area contributed by atoms with E-state index in [4.69, 9.17) is 5.11 Å². The highest BCUT2D eigenvalue weighted by Gasteiger charge is 2.16. The number of benzene rings is 1. The Hall–Kier alpha value is -2.36. The molecule has 0 spiro atoms. The predicted octanol–water partition coefficient (Wildman–Crippen LogP) is 2.39. The lowest BCUT2D eigenvalue weighted by Gasteiger charge is -2.21. The summed E-state index contributed by atoms with van der Waals surface area (Å²) >= 11 is 0. The Bertz CT molecular complexity index is 613. The van der Waals surface area contributed by atoms with Crippen LogP contribution in [0.1, 0.15) is 21.6 Å². The predicted molar refractivity (Wildman–Crippen MR) is 77.3 cm³/mol. The third-order valence-electron chi connectivity index (χ3n) is 3.70. The SMILES string of the molecule is O=C(O)c1cccc(N2CCc3ccccc3CC2)n1. The monoisotopic (exact) mass is 268 g/mol. The van der Waals surface area contributed by atoms with Crippen LogP contribution in [-0.2, 0) is 12.8 Å². The fourth-order valence-corrected chi connectivity index (χ4v) is 2.62. The fourth-order valence-electron chi connectivity index (χ4n) is 2.62. The van der Waals surface area contributed by atoms with Crippen molar-refractivity contribution >= 4 is 11.8 Å². The molecule has 1 aromatic carbocycles. The Labute approximate surface area is 117 Å². The molecule has 0 saturated heterocycles. The summed E-state index contributed by atoms with van der Waals surface area (Å²) in [6.07, 6.45) is 1.93. The maximum Gasteiger partial charge on any atom is 0.354 e. The van der Waals surface area contributed by atoms with Gasteiger partial charge in [0.2, 0.25) is 0 Å². The van der Waals surface area contributed by atoms with E-state index in [1.54, 1.807) is 6.07 Å². The fraction of sp³-hybridized carbons (Fsp3) is 0.250. The standard InChI is InChI=1S/C16H16N2O2/c19-16(20)14-6-3-7-15(17-14)18-10-8-12-4-1-2-5-13(12)9-11-18/h1-7H,8-11H2,(H,19,20). The van der Waals surface area contributed by atoms with Crippen LogP contribution in [-0.4, -0.2) is 29.1 Å². The first-order valence-electron chi connectivity index (χ1n) is 6.76. The molecule has 0 saturated carbocycles. The first-order valence-corrected chi connectivity index (χ1v) is 6.76. The number of carboxylic acid groups (broad SMARTS) is 1. The molecule has 0 atom stereocenters. The first-order chi connectivity index (χ1) is 9.74. The van der Waals surface area contributed by atoms with Crippen molar-refractivity contribution in [1.29, 1.82) is 0 Å². The zero-order valence-electron chi connectivity index (χ0n) is 11.1. The summed E-state index contributed by atoms with van der Waals surface area (Å²) in [4.78, 5) is 17.4. The highest BCUT2D eigenvalue weighted by molar-refractivity contribution is 5.85. The second kappa shape index (κ2) is 5.33. The Morgan fingerprint density at radius 1 is 1.00 bits per heavy atom. The lowest BCUT2D eigenvalue weighted by atomic mass is 10.0. The number of carboxylic acids is 1.